The van der Waals surface area contributed by atoms with E-state index in [-0.39, 0.29) is 0 Å². The van der Waals surface area contributed by atoms with Crippen LogP contribution < -0.4 is 0 Å². The molecule has 0 N–H and O–H groups in total. The van der Waals surface area contributed by atoms with Crippen molar-refractivity contribution in [2.75, 3.05) is 0 Å². The van der Waals surface area contributed by atoms with E-state index < -0.39 is 0 Å². The summed E-state index contributed by atoms with van der Waals surface area (Å²) >= 11 is 7.62. The number of benzene rings is 2. The van der Waals surface area contributed by atoms with E-state index in [1.165, 1.54) is 0 Å². The van der Waals surface area contributed by atoms with Crippen LogP contribution in [0, 0.1) is 11.8 Å². The van der Waals surface area contributed by atoms with E-state index in [1.807, 2.05) is 48.5 Å². The van der Waals surface area contributed by atoms with Gasteiger partial charge in [-0.2, -0.15) is 0 Å². The Morgan fingerprint density at radius 1 is 0.750 bits per heavy atom. The van der Waals surface area contributed by atoms with Crippen LogP contribution >= 0.6 is 28.6 Å². The third-order valence-electron chi connectivity index (χ3n) is 2.06. The number of rotatable bonds is 0. The largest absolute Gasteiger partial charge is 0.143 e. The van der Waals surface area contributed by atoms with Gasteiger partial charge in [0.2, 0.25) is 0 Å². The summed E-state index contributed by atoms with van der Waals surface area (Å²) in [5.74, 6) is 6.22. The number of thiol groups is 1. The van der Waals surface area contributed by atoms with Gasteiger partial charge in [0, 0.05) is 20.5 Å². The molecule has 16 heavy (non-hydrogen) atoms. The molecule has 0 saturated heterocycles. The van der Waals surface area contributed by atoms with Crippen molar-refractivity contribution in [3.63, 3.8) is 0 Å². The maximum atomic E-state index is 4.23. The summed E-state index contributed by atoms with van der Waals surface area (Å²) in [6, 6.07) is 15.8. The van der Waals surface area contributed by atoms with Crippen molar-refractivity contribution in [1.29, 1.82) is 0 Å². The van der Waals surface area contributed by atoms with Crippen LogP contribution in [0.4, 0.5) is 0 Å². The van der Waals surface area contributed by atoms with Crippen LogP contribution in [-0.4, -0.2) is 0 Å². The molecular formula is C14H9BrS. The van der Waals surface area contributed by atoms with Crippen LogP contribution in [0.15, 0.2) is 57.9 Å². The predicted octanol–water partition coefficient (Wildman–Crippen LogP) is 4.14. The smallest absolute Gasteiger partial charge is 0.0249 e. The van der Waals surface area contributed by atoms with Gasteiger partial charge in [-0.25, -0.2) is 0 Å². The van der Waals surface area contributed by atoms with Crippen molar-refractivity contribution in [3.8, 4) is 11.8 Å². The Balaban J connectivity index is 2.21. The topological polar surface area (TPSA) is 0 Å². The van der Waals surface area contributed by atoms with Gasteiger partial charge in [0.25, 0.3) is 0 Å². The molecule has 0 unspecified atom stereocenters. The zero-order valence-corrected chi connectivity index (χ0v) is 10.9. The summed E-state index contributed by atoms with van der Waals surface area (Å²) in [6.07, 6.45) is 0. The summed E-state index contributed by atoms with van der Waals surface area (Å²) in [4.78, 5) is 0.953. The van der Waals surface area contributed by atoms with Gasteiger partial charge >= 0.3 is 0 Å². The maximum absolute atomic E-state index is 4.23. The van der Waals surface area contributed by atoms with Crippen LogP contribution in [0.1, 0.15) is 11.1 Å². The SMILES string of the molecule is Sc1ccc(C#Cc2ccc(Br)cc2)cc1. The monoisotopic (exact) mass is 288 g/mol. The predicted molar refractivity (Wildman–Crippen MR) is 73.8 cm³/mol. The Hall–Kier alpha value is -1.17. The van der Waals surface area contributed by atoms with E-state index in [1.54, 1.807) is 0 Å². The summed E-state index contributed by atoms with van der Waals surface area (Å²) < 4.78 is 1.07. The molecule has 0 spiro atoms. The summed E-state index contributed by atoms with van der Waals surface area (Å²) in [5, 5.41) is 0. The zero-order chi connectivity index (χ0) is 11.4. The van der Waals surface area contributed by atoms with Gasteiger partial charge in [-0.15, -0.1) is 12.6 Å². The molecule has 0 atom stereocenters. The first-order valence-corrected chi connectivity index (χ1v) is 6.05. The second-order valence-electron chi connectivity index (χ2n) is 3.30. The summed E-state index contributed by atoms with van der Waals surface area (Å²) in [6.45, 7) is 0. The Morgan fingerprint density at radius 3 is 1.69 bits per heavy atom. The van der Waals surface area contributed by atoms with Gasteiger partial charge in [-0.05, 0) is 48.5 Å². The fourth-order valence-corrected chi connectivity index (χ4v) is 1.64. The summed E-state index contributed by atoms with van der Waals surface area (Å²) in [5.41, 5.74) is 2.01. The Bertz CT molecular complexity index is 480. The van der Waals surface area contributed by atoms with E-state index in [2.05, 4.69) is 40.4 Å². The third kappa shape index (κ3) is 3.16. The molecule has 0 radical (unpaired) electrons. The molecule has 2 aromatic carbocycles. The molecule has 2 rings (SSSR count). The fourth-order valence-electron chi connectivity index (χ4n) is 1.22. The van der Waals surface area contributed by atoms with Crippen molar-refractivity contribution in [2.45, 2.75) is 4.90 Å². The molecule has 2 heteroatoms. The fraction of sp³-hybridized carbons (Fsp3) is 0. The first-order valence-electron chi connectivity index (χ1n) is 4.81. The van der Waals surface area contributed by atoms with Crippen LogP contribution in [0.25, 0.3) is 0 Å². The van der Waals surface area contributed by atoms with Crippen molar-refractivity contribution in [3.05, 3.63) is 64.1 Å². The van der Waals surface area contributed by atoms with E-state index in [9.17, 15) is 0 Å². The van der Waals surface area contributed by atoms with Gasteiger partial charge in [0.15, 0.2) is 0 Å². The second kappa shape index (κ2) is 5.25. The molecule has 0 heterocycles. The summed E-state index contributed by atoms with van der Waals surface area (Å²) in [7, 11) is 0. The lowest BCUT2D eigenvalue weighted by atomic mass is 10.2. The van der Waals surface area contributed by atoms with Crippen LogP contribution in [0.2, 0.25) is 0 Å². The highest BCUT2D eigenvalue weighted by Gasteiger charge is 1.88. The van der Waals surface area contributed by atoms with Gasteiger partial charge in [0.05, 0.1) is 0 Å². The minimum absolute atomic E-state index is 0.953. The number of halogens is 1. The maximum Gasteiger partial charge on any atom is 0.0249 e. The highest BCUT2D eigenvalue weighted by molar-refractivity contribution is 9.10. The average Bonchev–Trinajstić information content (AvgIpc) is 2.30. The first-order chi connectivity index (χ1) is 7.74. The molecule has 0 nitrogen and oxygen atoms in total. The minimum Gasteiger partial charge on any atom is -0.143 e. The molecular weight excluding hydrogens is 280 g/mol. The molecule has 2 aromatic rings. The minimum atomic E-state index is 0.953. The molecule has 0 saturated carbocycles. The average molecular weight is 289 g/mol. The van der Waals surface area contributed by atoms with Crippen molar-refractivity contribution < 1.29 is 0 Å². The molecule has 0 amide bonds. The Labute approximate surface area is 109 Å². The molecule has 0 bridgehead atoms. The third-order valence-corrected chi connectivity index (χ3v) is 2.89. The van der Waals surface area contributed by atoms with E-state index in [4.69, 9.17) is 0 Å². The molecule has 0 aliphatic heterocycles. The highest BCUT2D eigenvalue weighted by atomic mass is 79.9. The van der Waals surface area contributed by atoms with Gasteiger partial charge < -0.3 is 0 Å². The lowest BCUT2D eigenvalue weighted by molar-refractivity contribution is 1.46. The first kappa shape index (κ1) is 11.3. The Morgan fingerprint density at radius 2 is 1.19 bits per heavy atom. The van der Waals surface area contributed by atoms with Gasteiger partial charge in [0.1, 0.15) is 0 Å². The highest BCUT2D eigenvalue weighted by Crippen LogP contribution is 2.10. The molecule has 78 valence electrons. The molecule has 0 fully saturated rings. The van der Waals surface area contributed by atoms with Crippen LogP contribution in [-0.2, 0) is 0 Å². The zero-order valence-electron chi connectivity index (χ0n) is 8.44. The van der Waals surface area contributed by atoms with Crippen LogP contribution in [0.3, 0.4) is 0 Å². The van der Waals surface area contributed by atoms with Crippen molar-refractivity contribution in [1.82, 2.24) is 0 Å². The van der Waals surface area contributed by atoms with Crippen molar-refractivity contribution in [2.24, 2.45) is 0 Å². The van der Waals surface area contributed by atoms with E-state index >= 15 is 0 Å². The number of hydrogen-bond acceptors (Lipinski definition) is 1. The van der Waals surface area contributed by atoms with Gasteiger partial charge in [-0.3, -0.25) is 0 Å². The lowest BCUT2D eigenvalue weighted by Gasteiger charge is -1.92. The van der Waals surface area contributed by atoms with Crippen LogP contribution in [0.5, 0.6) is 0 Å². The molecule has 0 aliphatic rings. The Kier molecular flexibility index (Phi) is 3.71. The number of hydrogen-bond donors (Lipinski definition) is 1. The molecule has 0 aromatic heterocycles. The lowest BCUT2D eigenvalue weighted by Crippen LogP contribution is -1.75. The molecule has 0 aliphatic carbocycles. The van der Waals surface area contributed by atoms with E-state index in [0.29, 0.717) is 0 Å². The standard InChI is InChI=1S/C14H9BrS/c15-13-7-3-11(4-8-13)1-2-12-5-9-14(16)10-6-12/h3-10,16H. The van der Waals surface area contributed by atoms with Crippen molar-refractivity contribution >= 4 is 28.6 Å². The van der Waals surface area contributed by atoms with E-state index in [0.717, 1.165) is 20.5 Å². The van der Waals surface area contributed by atoms with Gasteiger partial charge in [-0.1, -0.05) is 27.8 Å². The quantitative estimate of drug-likeness (QED) is 0.547. The normalized spacial score (nSPS) is 9.38. The second-order valence-corrected chi connectivity index (χ2v) is 4.74.